The van der Waals surface area contributed by atoms with Gasteiger partial charge in [-0.05, 0) is 47.0 Å². The molecule has 0 aliphatic carbocycles. The highest BCUT2D eigenvalue weighted by Crippen LogP contribution is 2.25. The largest absolute Gasteiger partial charge is 0.497 e. The van der Waals surface area contributed by atoms with Crippen LogP contribution < -0.4 is 9.47 Å². The van der Waals surface area contributed by atoms with E-state index in [0.29, 0.717) is 30.3 Å². The van der Waals surface area contributed by atoms with Crippen molar-refractivity contribution in [3.8, 4) is 11.6 Å². The van der Waals surface area contributed by atoms with Gasteiger partial charge in [0.1, 0.15) is 18.2 Å². The van der Waals surface area contributed by atoms with E-state index in [1.165, 1.54) is 6.33 Å². The third-order valence-corrected chi connectivity index (χ3v) is 4.60. The minimum atomic E-state index is -0.0676. The number of benzene rings is 1. The van der Waals surface area contributed by atoms with E-state index in [0.717, 1.165) is 17.3 Å². The Bertz CT molecular complexity index is 711. The maximum atomic E-state index is 12.8. The molecular weight excluding hydrogens is 374 g/mol. The summed E-state index contributed by atoms with van der Waals surface area (Å²) in [4.78, 5) is 22.6. The summed E-state index contributed by atoms with van der Waals surface area (Å²) in [7, 11) is 1.59. The van der Waals surface area contributed by atoms with Gasteiger partial charge < -0.3 is 14.4 Å². The van der Waals surface area contributed by atoms with Crippen LogP contribution in [0.2, 0.25) is 0 Å². The number of carbonyl (C=O) groups is 1. The number of likely N-dealkylation sites (tertiary alicyclic amines) is 1. The van der Waals surface area contributed by atoms with Crippen LogP contribution in [0.5, 0.6) is 11.6 Å². The number of piperidine rings is 1. The fraction of sp³-hybridized carbons (Fsp3) is 0.353. The van der Waals surface area contributed by atoms with Gasteiger partial charge in [-0.3, -0.25) is 4.79 Å². The zero-order valence-electron chi connectivity index (χ0n) is 13.3. The van der Waals surface area contributed by atoms with Gasteiger partial charge in [-0.15, -0.1) is 0 Å². The van der Waals surface area contributed by atoms with Crippen molar-refractivity contribution in [1.29, 1.82) is 0 Å². The number of ether oxygens (including phenoxy) is 2. The summed E-state index contributed by atoms with van der Waals surface area (Å²) in [5, 5.41) is 0. The van der Waals surface area contributed by atoms with E-state index in [2.05, 4.69) is 25.9 Å². The highest BCUT2D eigenvalue weighted by atomic mass is 79.9. The summed E-state index contributed by atoms with van der Waals surface area (Å²) >= 11 is 3.44. The maximum absolute atomic E-state index is 12.8. The molecule has 0 saturated carbocycles. The minimum absolute atomic E-state index is 0.0308. The summed E-state index contributed by atoms with van der Waals surface area (Å²) in [6, 6.07) is 7.11. The second kappa shape index (κ2) is 7.61. The number of hydrogen-bond acceptors (Lipinski definition) is 5. The van der Waals surface area contributed by atoms with E-state index in [1.54, 1.807) is 25.4 Å². The van der Waals surface area contributed by atoms with Crippen LogP contribution in [0, 0.1) is 0 Å². The number of hydrogen-bond donors (Lipinski definition) is 0. The summed E-state index contributed by atoms with van der Waals surface area (Å²) in [6.45, 7) is 1.25. The maximum Gasteiger partial charge on any atom is 0.255 e. The molecule has 3 rings (SSSR count). The number of carbonyl (C=O) groups excluding carboxylic acids is 1. The molecule has 1 saturated heterocycles. The number of methoxy groups -OCH3 is 1. The van der Waals surface area contributed by atoms with Crippen LogP contribution in [-0.2, 0) is 0 Å². The Morgan fingerprint density at radius 1 is 1.38 bits per heavy atom. The lowest BCUT2D eigenvalue weighted by atomic mass is 10.1. The molecule has 126 valence electrons. The van der Waals surface area contributed by atoms with Crippen molar-refractivity contribution >= 4 is 21.8 Å². The predicted octanol–water partition coefficient (Wildman–Crippen LogP) is 2.93. The Morgan fingerprint density at radius 2 is 2.25 bits per heavy atom. The quantitative estimate of drug-likeness (QED) is 0.801. The third-order valence-electron chi connectivity index (χ3n) is 3.91. The molecule has 0 radical (unpaired) electrons. The van der Waals surface area contributed by atoms with E-state index in [9.17, 15) is 4.79 Å². The van der Waals surface area contributed by atoms with Crippen LogP contribution in [0.15, 0.2) is 41.3 Å². The molecule has 2 heterocycles. The second-order valence-electron chi connectivity index (χ2n) is 5.53. The first-order valence-electron chi connectivity index (χ1n) is 7.73. The first-order chi connectivity index (χ1) is 11.7. The van der Waals surface area contributed by atoms with Crippen molar-refractivity contribution in [3.63, 3.8) is 0 Å². The Labute approximate surface area is 148 Å². The SMILES string of the molecule is COc1ccc(Br)c(C(=O)N2CCCC(Oc3ccncn3)C2)c1. The molecule has 1 unspecified atom stereocenters. The van der Waals surface area contributed by atoms with E-state index in [4.69, 9.17) is 9.47 Å². The fourth-order valence-corrected chi connectivity index (χ4v) is 3.12. The molecule has 0 spiro atoms. The average molecular weight is 392 g/mol. The number of rotatable bonds is 4. The van der Waals surface area contributed by atoms with Gasteiger partial charge >= 0.3 is 0 Å². The first kappa shape index (κ1) is 16.7. The van der Waals surface area contributed by atoms with Crippen molar-refractivity contribution in [2.24, 2.45) is 0 Å². The van der Waals surface area contributed by atoms with Gasteiger partial charge in [-0.25, -0.2) is 9.97 Å². The molecule has 1 aromatic heterocycles. The van der Waals surface area contributed by atoms with Crippen LogP contribution in [0.4, 0.5) is 0 Å². The molecule has 1 aliphatic rings. The van der Waals surface area contributed by atoms with Crippen LogP contribution in [-0.4, -0.2) is 47.1 Å². The highest BCUT2D eigenvalue weighted by molar-refractivity contribution is 9.10. The molecule has 1 atom stereocenters. The molecule has 24 heavy (non-hydrogen) atoms. The van der Waals surface area contributed by atoms with Gasteiger partial charge in [0.2, 0.25) is 5.88 Å². The van der Waals surface area contributed by atoms with E-state index >= 15 is 0 Å². The monoisotopic (exact) mass is 391 g/mol. The fourth-order valence-electron chi connectivity index (χ4n) is 2.70. The Hall–Kier alpha value is -2.15. The third kappa shape index (κ3) is 3.84. The zero-order chi connectivity index (χ0) is 16.9. The number of amides is 1. The second-order valence-corrected chi connectivity index (χ2v) is 6.38. The molecule has 0 bridgehead atoms. The van der Waals surface area contributed by atoms with E-state index in [-0.39, 0.29) is 12.0 Å². The lowest BCUT2D eigenvalue weighted by Gasteiger charge is -2.32. The van der Waals surface area contributed by atoms with Crippen LogP contribution in [0.3, 0.4) is 0 Å². The summed E-state index contributed by atoms with van der Waals surface area (Å²) in [5.41, 5.74) is 0.594. The van der Waals surface area contributed by atoms with Crippen LogP contribution in [0.1, 0.15) is 23.2 Å². The molecule has 1 aromatic carbocycles. The van der Waals surface area contributed by atoms with Crippen LogP contribution >= 0.6 is 15.9 Å². The average Bonchev–Trinajstić information content (AvgIpc) is 2.63. The molecule has 1 amide bonds. The molecule has 1 aliphatic heterocycles. The number of halogens is 1. The summed E-state index contributed by atoms with van der Waals surface area (Å²) in [6.07, 6.45) is 4.81. The van der Waals surface area contributed by atoms with E-state index in [1.807, 2.05) is 17.0 Å². The summed E-state index contributed by atoms with van der Waals surface area (Å²) < 4.78 is 11.8. The number of nitrogens with zero attached hydrogens (tertiary/aromatic N) is 3. The molecule has 6 nitrogen and oxygen atoms in total. The topological polar surface area (TPSA) is 64.5 Å². The Balaban J connectivity index is 1.71. The Morgan fingerprint density at radius 3 is 3.00 bits per heavy atom. The van der Waals surface area contributed by atoms with Gasteiger partial charge in [-0.1, -0.05) is 0 Å². The smallest absolute Gasteiger partial charge is 0.255 e. The van der Waals surface area contributed by atoms with Gasteiger partial charge in [0.25, 0.3) is 5.91 Å². The predicted molar refractivity (Wildman–Crippen MR) is 92.3 cm³/mol. The van der Waals surface area contributed by atoms with E-state index < -0.39 is 0 Å². The highest BCUT2D eigenvalue weighted by Gasteiger charge is 2.27. The first-order valence-corrected chi connectivity index (χ1v) is 8.52. The molecule has 1 fully saturated rings. The van der Waals surface area contributed by atoms with Gasteiger partial charge in [0, 0.05) is 23.3 Å². The molecule has 7 heteroatoms. The molecule has 0 N–H and O–H groups in total. The molecule has 2 aromatic rings. The standard InChI is InChI=1S/C17H18BrN3O3/c1-23-12-4-5-15(18)14(9-12)17(22)21-8-2-3-13(10-21)24-16-6-7-19-11-20-16/h4-7,9,11,13H,2-3,8,10H2,1H3. The van der Waals surface area contributed by atoms with Crippen molar-refractivity contribution in [1.82, 2.24) is 14.9 Å². The van der Waals surface area contributed by atoms with Gasteiger partial charge in [0.05, 0.1) is 19.2 Å². The minimum Gasteiger partial charge on any atom is -0.497 e. The van der Waals surface area contributed by atoms with Gasteiger partial charge in [0.15, 0.2) is 0 Å². The van der Waals surface area contributed by atoms with Crippen molar-refractivity contribution in [2.45, 2.75) is 18.9 Å². The lowest BCUT2D eigenvalue weighted by Crippen LogP contribution is -2.44. The van der Waals surface area contributed by atoms with Crippen molar-refractivity contribution in [3.05, 3.63) is 46.8 Å². The molecular formula is C17H18BrN3O3. The normalized spacial score (nSPS) is 17.4. The van der Waals surface area contributed by atoms with Crippen LogP contribution in [0.25, 0.3) is 0 Å². The Kier molecular flexibility index (Phi) is 5.30. The lowest BCUT2D eigenvalue weighted by molar-refractivity contribution is 0.0526. The van der Waals surface area contributed by atoms with Gasteiger partial charge in [-0.2, -0.15) is 0 Å². The zero-order valence-corrected chi connectivity index (χ0v) is 14.9. The number of aromatic nitrogens is 2. The van der Waals surface area contributed by atoms with Crippen molar-refractivity contribution in [2.75, 3.05) is 20.2 Å². The summed E-state index contributed by atoms with van der Waals surface area (Å²) in [5.74, 6) is 1.16. The van der Waals surface area contributed by atoms with Crippen molar-refractivity contribution < 1.29 is 14.3 Å².